The molecule has 116 valence electrons. The Balaban J connectivity index is 2.40. The summed E-state index contributed by atoms with van der Waals surface area (Å²) in [7, 11) is 0. The van der Waals surface area contributed by atoms with Crippen LogP contribution < -0.4 is 4.90 Å². The molecule has 1 heterocycles. The monoisotopic (exact) mass is 311 g/mol. The van der Waals surface area contributed by atoms with Crippen LogP contribution in [-0.2, 0) is 11.2 Å². The summed E-state index contributed by atoms with van der Waals surface area (Å²) < 4.78 is 39.9. The first kappa shape index (κ1) is 15.7. The lowest BCUT2D eigenvalue weighted by molar-refractivity contribution is -0.154. The van der Waals surface area contributed by atoms with Gasteiger partial charge in [0.25, 0.3) is 0 Å². The van der Waals surface area contributed by atoms with Gasteiger partial charge >= 0.3 is 12.3 Å². The van der Waals surface area contributed by atoms with Gasteiger partial charge in [-0.05, 0) is 5.56 Å². The lowest BCUT2D eigenvalue weighted by Gasteiger charge is -2.31. The average Bonchev–Trinajstić information content (AvgIpc) is 2.47. The second kappa shape index (κ2) is 6.42. The molecule has 0 aliphatic heterocycles. The summed E-state index contributed by atoms with van der Waals surface area (Å²) >= 11 is 0. The number of carbonyl (C=O) groups is 1. The van der Waals surface area contributed by atoms with Crippen molar-refractivity contribution in [2.75, 3.05) is 4.90 Å². The van der Waals surface area contributed by atoms with Crippen molar-refractivity contribution in [2.24, 2.45) is 0 Å². The van der Waals surface area contributed by atoms with Crippen LogP contribution in [0, 0.1) is 0 Å². The number of halogens is 3. The number of hydrogen-bond acceptors (Lipinski definition) is 4. The van der Waals surface area contributed by atoms with Crippen molar-refractivity contribution in [2.45, 2.75) is 18.8 Å². The Hall–Kier alpha value is -2.64. The van der Waals surface area contributed by atoms with Crippen molar-refractivity contribution in [1.82, 2.24) is 9.97 Å². The van der Waals surface area contributed by atoms with Crippen molar-refractivity contribution >= 4 is 11.8 Å². The molecule has 8 heteroatoms. The molecule has 0 aliphatic rings. The zero-order chi connectivity index (χ0) is 16.2. The van der Waals surface area contributed by atoms with Gasteiger partial charge < -0.3 is 5.11 Å². The minimum atomic E-state index is -4.89. The van der Waals surface area contributed by atoms with Gasteiger partial charge in [-0.2, -0.15) is 0 Å². The van der Waals surface area contributed by atoms with Gasteiger partial charge in [0.1, 0.15) is 6.04 Å². The van der Waals surface area contributed by atoms with E-state index in [1.54, 1.807) is 30.3 Å². The fraction of sp³-hybridized carbons (Fsp3) is 0.214. The van der Waals surface area contributed by atoms with Gasteiger partial charge in [0.05, 0.1) is 6.20 Å². The van der Waals surface area contributed by atoms with Gasteiger partial charge in [-0.15, -0.1) is 13.2 Å². The molecule has 2 aromatic rings. The van der Waals surface area contributed by atoms with E-state index in [0.29, 0.717) is 5.56 Å². The molecule has 1 atom stereocenters. The molecule has 22 heavy (non-hydrogen) atoms. The second-order valence-electron chi connectivity index (χ2n) is 4.45. The van der Waals surface area contributed by atoms with Gasteiger partial charge in [0.15, 0.2) is 5.82 Å². The van der Waals surface area contributed by atoms with Crippen LogP contribution in [-0.4, -0.2) is 33.4 Å². The molecule has 0 unspecified atom stereocenters. The largest absolute Gasteiger partial charge is 0.486 e. The van der Waals surface area contributed by atoms with Crippen molar-refractivity contribution < 1.29 is 23.1 Å². The highest BCUT2D eigenvalue weighted by atomic mass is 19.4. The molecule has 0 fully saturated rings. The summed E-state index contributed by atoms with van der Waals surface area (Å²) in [5.74, 6) is -2.15. The van der Waals surface area contributed by atoms with E-state index in [2.05, 4.69) is 9.97 Å². The summed E-state index contributed by atoms with van der Waals surface area (Å²) in [6.45, 7) is 0. The Labute approximate surface area is 124 Å². The second-order valence-corrected chi connectivity index (χ2v) is 4.45. The summed E-state index contributed by atoms with van der Waals surface area (Å²) in [6.07, 6.45) is -2.03. The molecule has 0 radical (unpaired) electrons. The Kier molecular flexibility index (Phi) is 4.59. The van der Waals surface area contributed by atoms with Crippen molar-refractivity contribution in [3.05, 3.63) is 54.5 Å². The number of nitrogens with zero attached hydrogens (tertiary/aromatic N) is 3. The highest BCUT2D eigenvalue weighted by molar-refractivity contribution is 5.78. The van der Waals surface area contributed by atoms with Crippen LogP contribution in [0.1, 0.15) is 5.56 Å². The standard InChI is InChI=1S/C14H12F3N3O2/c15-14(16,17)20(12-9-18-6-7-19-12)11(13(21)22)8-10-4-2-1-3-5-10/h1-7,9,11H,8H2,(H,21,22)/t11-/m0/s1. The van der Waals surface area contributed by atoms with E-state index < -0.39 is 24.1 Å². The van der Waals surface area contributed by atoms with E-state index in [1.165, 1.54) is 6.20 Å². The number of alkyl halides is 3. The number of aliphatic carboxylic acids is 1. The fourth-order valence-corrected chi connectivity index (χ4v) is 2.01. The van der Waals surface area contributed by atoms with E-state index in [0.717, 1.165) is 12.4 Å². The number of benzene rings is 1. The molecule has 1 N–H and O–H groups in total. The number of rotatable bonds is 5. The highest BCUT2D eigenvalue weighted by Gasteiger charge is 2.46. The van der Waals surface area contributed by atoms with Crippen LogP contribution >= 0.6 is 0 Å². The minimum Gasteiger partial charge on any atom is -0.480 e. The predicted octanol–water partition coefficient (Wildman–Crippen LogP) is 2.50. The van der Waals surface area contributed by atoms with Gasteiger partial charge in [0, 0.05) is 18.8 Å². The molecular formula is C14H12F3N3O2. The van der Waals surface area contributed by atoms with Crippen molar-refractivity contribution in [3.8, 4) is 0 Å². The zero-order valence-electron chi connectivity index (χ0n) is 11.2. The number of carboxylic acid groups (broad SMARTS) is 1. The molecule has 0 spiro atoms. The van der Waals surface area contributed by atoms with E-state index in [9.17, 15) is 23.1 Å². The van der Waals surface area contributed by atoms with Crippen LogP contribution in [0.2, 0.25) is 0 Å². The molecule has 0 saturated heterocycles. The first-order valence-corrected chi connectivity index (χ1v) is 6.28. The third-order valence-electron chi connectivity index (χ3n) is 2.94. The lowest BCUT2D eigenvalue weighted by Crippen LogP contribution is -2.51. The van der Waals surface area contributed by atoms with Crippen LogP contribution in [0.15, 0.2) is 48.9 Å². The topological polar surface area (TPSA) is 66.3 Å². The summed E-state index contributed by atoms with van der Waals surface area (Å²) in [6, 6.07) is 6.27. The Morgan fingerprint density at radius 2 is 1.91 bits per heavy atom. The summed E-state index contributed by atoms with van der Waals surface area (Å²) in [5.41, 5.74) is 0.480. The Morgan fingerprint density at radius 1 is 1.23 bits per heavy atom. The van der Waals surface area contributed by atoms with Gasteiger partial charge in [-0.3, -0.25) is 9.88 Å². The third-order valence-corrected chi connectivity index (χ3v) is 2.94. The quantitative estimate of drug-likeness (QED) is 0.859. The maximum absolute atomic E-state index is 13.3. The van der Waals surface area contributed by atoms with Crippen LogP contribution in [0.25, 0.3) is 0 Å². The normalized spacial score (nSPS) is 12.7. The predicted molar refractivity (Wildman–Crippen MR) is 72.1 cm³/mol. The van der Waals surface area contributed by atoms with E-state index in [1.807, 2.05) is 0 Å². The minimum absolute atomic E-state index is 0.185. The van der Waals surface area contributed by atoms with Gasteiger partial charge in [0.2, 0.25) is 0 Å². The first-order chi connectivity index (χ1) is 10.4. The molecule has 0 aliphatic carbocycles. The lowest BCUT2D eigenvalue weighted by atomic mass is 10.0. The van der Waals surface area contributed by atoms with Crippen LogP contribution in [0.5, 0.6) is 0 Å². The van der Waals surface area contributed by atoms with Gasteiger partial charge in [-0.25, -0.2) is 9.78 Å². The average molecular weight is 311 g/mol. The summed E-state index contributed by atoms with van der Waals surface area (Å²) in [4.78, 5) is 18.3. The molecular weight excluding hydrogens is 299 g/mol. The number of carboxylic acids is 1. The Morgan fingerprint density at radius 3 is 2.41 bits per heavy atom. The number of anilines is 1. The molecule has 0 saturated carbocycles. The molecule has 1 aromatic carbocycles. The SMILES string of the molecule is O=C(O)[C@H](Cc1ccccc1)N(c1cnccn1)C(F)(F)F. The van der Waals surface area contributed by atoms with E-state index >= 15 is 0 Å². The van der Waals surface area contributed by atoms with E-state index in [4.69, 9.17) is 0 Å². The molecule has 0 bridgehead atoms. The van der Waals surface area contributed by atoms with Crippen LogP contribution in [0.3, 0.4) is 0 Å². The number of aromatic nitrogens is 2. The first-order valence-electron chi connectivity index (χ1n) is 6.28. The van der Waals surface area contributed by atoms with Crippen molar-refractivity contribution in [1.29, 1.82) is 0 Å². The fourth-order valence-electron chi connectivity index (χ4n) is 2.01. The highest BCUT2D eigenvalue weighted by Crippen LogP contribution is 2.30. The zero-order valence-corrected chi connectivity index (χ0v) is 11.2. The van der Waals surface area contributed by atoms with Crippen LogP contribution in [0.4, 0.5) is 19.0 Å². The smallest absolute Gasteiger partial charge is 0.480 e. The molecule has 2 rings (SSSR count). The Bertz CT molecular complexity index is 620. The van der Waals surface area contributed by atoms with Gasteiger partial charge in [-0.1, -0.05) is 30.3 Å². The third kappa shape index (κ3) is 3.72. The maximum Gasteiger partial charge on any atom is 0.486 e. The molecule has 5 nitrogen and oxygen atoms in total. The number of hydrogen-bond donors (Lipinski definition) is 1. The molecule has 1 aromatic heterocycles. The molecule has 0 amide bonds. The maximum atomic E-state index is 13.3. The van der Waals surface area contributed by atoms with Crippen molar-refractivity contribution in [3.63, 3.8) is 0 Å². The van der Waals surface area contributed by atoms with E-state index in [-0.39, 0.29) is 11.3 Å². The summed E-state index contributed by atoms with van der Waals surface area (Å²) in [5, 5.41) is 9.24.